The number of rotatable bonds is 3. The molecule has 1 aromatic heterocycles. The Morgan fingerprint density at radius 2 is 2.08 bits per heavy atom. The van der Waals surface area contributed by atoms with Gasteiger partial charge in [0.1, 0.15) is 5.75 Å². The van der Waals surface area contributed by atoms with Crippen LogP contribution in [0.1, 0.15) is 28.0 Å². The summed E-state index contributed by atoms with van der Waals surface area (Å²) in [6.07, 6.45) is 2.80. The first-order valence-electron chi connectivity index (χ1n) is 8.28. The molecule has 4 heteroatoms. The summed E-state index contributed by atoms with van der Waals surface area (Å²) in [7, 11) is 1.61. The molecule has 24 heavy (non-hydrogen) atoms. The molecule has 2 aromatic carbocycles. The van der Waals surface area contributed by atoms with Gasteiger partial charge in [-0.3, -0.25) is 4.79 Å². The van der Waals surface area contributed by atoms with Crippen molar-refractivity contribution in [2.24, 2.45) is 0 Å². The van der Waals surface area contributed by atoms with Crippen LogP contribution in [-0.2, 0) is 12.8 Å². The van der Waals surface area contributed by atoms with Crippen molar-refractivity contribution in [1.29, 1.82) is 0 Å². The molecule has 0 radical (unpaired) electrons. The van der Waals surface area contributed by atoms with E-state index >= 15 is 0 Å². The summed E-state index contributed by atoms with van der Waals surface area (Å²) < 4.78 is 5.19. The van der Waals surface area contributed by atoms with Crippen LogP contribution in [0.5, 0.6) is 5.75 Å². The Morgan fingerprint density at radius 3 is 2.96 bits per heavy atom. The maximum Gasteiger partial charge on any atom is 0.251 e. The van der Waals surface area contributed by atoms with E-state index in [-0.39, 0.29) is 11.9 Å². The van der Waals surface area contributed by atoms with Crippen molar-refractivity contribution in [2.75, 3.05) is 7.11 Å². The average Bonchev–Trinajstić information content (AvgIpc) is 2.99. The molecule has 2 N–H and O–H groups in total. The molecular weight excluding hydrogens is 300 g/mol. The first kappa shape index (κ1) is 14.8. The summed E-state index contributed by atoms with van der Waals surface area (Å²) >= 11 is 0. The number of aromatic nitrogens is 1. The monoisotopic (exact) mass is 320 g/mol. The number of carbonyl (C=O) groups is 1. The normalized spacial score (nSPS) is 16.6. The van der Waals surface area contributed by atoms with E-state index in [4.69, 9.17) is 4.74 Å². The first-order chi connectivity index (χ1) is 11.7. The molecule has 4 rings (SSSR count). The van der Waals surface area contributed by atoms with Gasteiger partial charge >= 0.3 is 0 Å². The molecule has 1 atom stereocenters. The largest absolute Gasteiger partial charge is 0.497 e. The van der Waals surface area contributed by atoms with Gasteiger partial charge in [0.15, 0.2) is 0 Å². The third kappa shape index (κ3) is 2.64. The molecule has 0 bridgehead atoms. The van der Waals surface area contributed by atoms with Crippen molar-refractivity contribution in [2.45, 2.75) is 25.3 Å². The van der Waals surface area contributed by atoms with Crippen molar-refractivity contribution in [1.82, 2.24) is 10.3 Å². The van der Waals surface area contributed by atoms with E-state index in [1.165, 1.54) is 22.2 Å². The number of benzene rings is 2. The third-order valence-electron chi connectivity index (χ3n) is 4.76. The van der Waals surface area contributed by atoms with E-state index in [9.17, 15) is 4.79 Å². The lowest BCUT2D eigenvalue weighted by Gasteiger charge is -2.23. The highest BCUT2D eigenvalue weighted by Gasteiger charge is 2.23. The van der Waals surface area contributed by atoms with Gasteiger partial charge in [-0.25, -0.2) is 0 Å². The molecule has 0 aliphatic heterocycles. The fourth-order valence-corrected chi connectivity index (χ4v) is 3.54. The summed E-state index contributed by atoms with van der Waals surface area (Å²) in [6.45, 7) is 0. The number of nitrogens with one attached hydrogen (secondary N) is 2. The number of aryl methyl sites for hydroxylation is 1. The Balaban J connectivity index is 1.51. The number of methoxy groups -OCH3 is 1. The van der Waals surface area contributed by atoms with E-state index in [1.807, 2.05) is 24.3 Å². The second kappa shape index (κ2) is 6.04. The number of carbonyl (C=O) groups excluding carboxylic acids is 1. The van der Waals surface area contributed by atoms with Crippen molar-refractivity contribution in [3.63, 3.8) is 0 Å². The molecule has 0 saturated heterocycles. The Kier molecular flexibility index (Phi) is 3.73. The van der Waals surface area contributed by atoms with Crippen LogP contribution in [0.3, 0.4) is 0 Å². The minimum atomic E-state index is -0.0431. The van der Waals surface area contributed by atoms with Gasteiger partial charge in [-0.2, -0.15) is 0 Å². The average molecular weight is 320 g/mol. The number of H-pyrrole nitrogens is 1. The Morgan fingerprint density at radius 1 is 1.21 bits per heavy atom. The smallest absolute Gasteiger partial charge is 0.251 e. The molecule has 4 nitrogen and oxygen atoms in total. The predicted octanol–water partition coefficient (Wildman–Crippen LogP) is 3.46. The Hall–Kier alpha value is -2.75. The van der Waals surface area contributed by atoms with Gasteiger partial charge in [0.2, 0.25) is 0 Å². The zero-order valence-corrected chi connectivity index (χ0v) is 13.6. The molecule has 0 fully saturated rings. The number of amides is 1. The van der Waals surface area contributed by atoms with Crippen molar-refractivity contribution in [3.05, 3.63) is 65.4 Å². The highest BCUT2D eigenvalue weighted by atomic mass is 16.5. The molecule has 1 aliphatic carbocycles. The summed E-state index contributed by atoms with van der Waals surface area (Å²) in [5, 5.41) is 4.47. The predicted molar refractivity (Wildman–Crippen MR) is 94.6 cm³/mol. The number of aromatic amines is 1. The standard InChI is InChI=1S/C20H20N2O2/c1-24-15-6-4-5-13(11-15)20(23)21-14-9-10-17-16-7-2-3-8-18(16)22-19(17)12-14/h2-8,11,14,22H,9-10,12H2,1H3,(H,21,23). The van der Waals surface area contributed by atoms with Gasteiger partial charge < -0.3 is 15.0 Å². The summed E-state index contributed by atoms with van der Waals surface area (Å²) in [4.78, 5) is 16.0. The molecule has 122 valence electrons. The van der Waals surface area contributed by atoms with E-state index in [0.29, 0.717) is 11.3 Å². The van der Waals surface area contributed by atoms with Crippen LogP contribution in [0, 0.1) is 0 Å². The highest BCUT2D eigenvalue weighted by molar-refractivity contribution is 5.95. The van der Waals surface area contributed by atoms with Crippen LogP contribution in [0.25, 0.3) is 10.9 Å². The molecule has 1 aliphatic rings. The zero-order valence-electron chi connectivity index (χ0n) is 13.6. The number of fused-ring (bicyclic) bond motifs is 3. The van der Waals surface area contributed by atoms with Crippen molar-refractivity contribution >= 4 is 16.8 Å². The van der Waals surface area contributed by atoms with Gasteiger partial charge in [0.25, 0.3) is 5.91 Å². The minimum Gasteiger partial charge on any atom is -0.497 e. The molecule has 0 spiro atoms. The second-order valence-corrected chi connectivity index (χ2v) is 6.27. The number of para-hydroxylation sites is 1. The second-order valence-electron chi connectivity index (χ2n) is 6.27. The SMILES string of the molecule is COc1cccc(C(=O)NC2CCc3c([nH]c4ccccc34)C2)c1. The topological polar surface area (TPSA) is 54.1 Å². The quantitative estimate of drug-likeness (QED) is 0.776. The van der Waals surface area contributed by atoms with E-state index in [0.717, 1.165) is 19.3 Å². The van der Waals surface area contributed by atoms with Gasteiger partial charge in [0.05, 0.1) is 7.11 Å². The molecular formula is C20H20N2O2. The van der Waals surface area contributed by atoms with E-state index in [2.05, 4.69) is 28.5 Å². The molecule has 0 saturated carbocycles. The number of hydrogen-bond acceptors (Lipinski definition) is 2. The van der Waals surface area contributed by atoms with Crippen LogP contribution in [0.2, 0.25) is 0 Å². The summed E-state index contributed by atoms with van der Waals surface area (Å²) in [6, 6.07) is 15.8. The maximum absolute atomic E-state index is 12.5. The highest BCUT2D eigenvalue weighted by Crippen LogP contribution is 2.29. The Labute approximate surface area is 140 Å². The van der Waals surface area contributed by atoms with E-state index in [1.54, 1.807) is 13.2 Å². The van der Waals surface area contributed by atoms with E-state index < -0.39 is 0 Å². The lowest BCUT2D eigenvalue weighted by atomic mass is 9.91. The Bertz CT molecular complexity index is 898. The van der Waals surface area contributed by atoms with Crippen molar-refractivity contribution in [3.8, 4) is 5.75 Å². The van der Waals surface area contributed by atoms with Gasteiger partial charge in [-0.05, 0) is 42.7 Å². The summed E-state index contributed by atoms with van der Waals surface area (Å²) in [5.41, 5.74) is 4.47. The molecule has 1 unspecified atom stereocenters. The lowest BCUT2D eigenvalue weighted by molar-refractivity contribution is 0.0933. The van der Waals surface area contributed by atoms with Gasteiger partial charge in [0, 0.05) is 34.6 Å². The third-order valence-corrected chi connectivity index (χ3v) is 4.76. The van der Waals surface area contributed by atoms with Crippen LogP contribution in [0.15, 0.2) is 48.5 Å². The fourth-order valence-electron chi connectivity index (χ4n) is 3.54. The van der Waals surface area contributed by atoms with Crippen molar-refractivity contribution < 1.29 is 9.53 Å². The van der Waals surface area contributed by atoms with Crippen LogP contribution in [0.4, 0.5) is 0 Å². The van der Waals surface area contributed by atoms with Crippen LogP contribution >= 0.6 is 0 Å². The first-order valence-corrected chi connectivity index (χ1v) is 8.28. The minimum absolute atomic E-state index is 0.0431. The van der Waals surface area contributed by atoms with Crippen LogP contribution in [-0.4, -0.2) is 24.0 Å². The molecule has 1 amide bonds. The fraction of sp³-hybridized carbons (Fsp3) is 0.250. The molecule has 3 aromatic rings. The number of hydrogen-bond donors (Lipinski definition) is 2. The van der Waals surface area contributed by atoms with Gasteiger partial charge in [-0.15, -0.1) is 0 Å². The van der Waals surface area contributed by atoms with Crippen LogP contribution < -0.4 is 10.1 Å². The van der Waals surface area contributed by atoms with Gasteiger partial charge in [-0.1, -0.05) is 24.3 Å². The maximum atomic E-state index is 12.5. The lowest BCUT2D eigenvalue weighted by Crippen LogP contribution is -2.38. The number of ether oxygens (including phenoxy) is 1. The summed E-state index contributed by atoms with van der Waals surface area (Å²) in [5.74, 6) is 0.655. The zero-order chi connectivity index (χ0) is 16.5. The molecule has 1 heterocycles.